The average molecular weight is 285 g/mol. The monoisotopic (exact) mass is 285 g/mol. The van der Waals surface area contributed by atoms with Crippen molar-refractivity contribution in [2.45, 2.75) is 37.2 Å². The van der Waals surface area contributed by atoms with Crippen LogP contribution in [0.2, 0.25) is 0 Å². The van der Waals surface area contributed by atoms with Gasteiger partial charge in [-0.2, -0.15) is 11.8 Å². The normalized spacial score (nSPS) is 21.4. The topological polar surface area (TPSA) is 54.6 Å². The molecule has 2 heterocycles. The molecule has 0 aromatic carbocycles. The van der Waals surface area contributed by atoms with Gasteiger partial charge in [0, 0.05) is 18.3 Å². The molecule has 1 aromatic rings. The summed E-state index contributed by atoms with van der Waals surface area (Å²) in [5, 5.41) is 13.8. The molecule has 19 heavy (non-hydrogen) atoms. The van der Waals surface area contributed by atoms with Crippen molar-refractivity contribution in [3.63, 3.8) is 0 Å². The molecule has 1 aliphatic heterocycles. The summed E-state index contributed by atoms with van der Waals surface area (Å²) in [4.78, 5) is 0. The maximum Gasteiger partial charge on any atom is 0.129 e. The van der Waals surface area contributed by atoms with E-state index in [1.165, 1.54) is 25.0 Å². The van der Waals surface area contributed by atoms with Gasteiger partial charge in [-0.25, -0.2) is 0 Å². The molecule has 2 unspecified atom stereocenters. The zero-order valence-electron chi connectivity index (χ0n) is 11.2. The summed E-state index contributed by atoms with van der Waals surface area (Å²) in [5.41, 5.74) is 0. The van der Waals surface area contributed by atoms with Gasteiger partial charge in [0.1, 0.15) is 12.4 Å². The lowest BCUT2D eigenvalue weighted by molar-refractivity contribution is 0.0228. The van der Waals surface area contributed by atoms with Gasteiger partial charge in [0.2, 0.25) is 0 Å². The van der Waals surface area contributed by atoms with E-state index in [4.69, 9.17) is 9.15 Å². The smallest absolute Gasteiger partial charge is 0.129 e. The third-order valence-corrected chi connectivity index (χ3v) is 4.56. The molecule has 1 saturated heterocycles. The number of aliphatic hydroxyl groups excluding tert-OH is 1. The first kappa shape index (κ1) is 14.9. The first-order chi connectivity index (χ1) is 9.34. The summed E-state index contributed by atoms with van der Waals surface area (Å²) < 4.78 is 10.5. The van der Waals surface area contributed by atoms with E-state index in [1.807, 2.05) is 23.9 Å². The van der Waals surface area contributed by atoms with Crippen molar-refractivity contribution in [2.24, 2.45) is 0 Å². The minimum atomic E-state index is -0.455. The number of rotatable bonds is 8. The Morgan fingerprint density at radius 1 is 1.53 bits per heavy atom. The zero-order valence-corrected chi connectivity index (χ0v) is 12.0. The van der Waals surface area contributed by atoms with Crippen LogP contribution >= 0.6 is 11.8 Å². The molecule has 0 spiro atoms. The highest BCUT2D eigenvalue weighted by Crippen LogP contribution is 2.24. The van der Waals surface area contributed by atoms with Gasteiger partial charge < -0.3 is 19.6 Å². The molecular formula is C14H23NO3S. The molecule has 0 saturated carbocycles. The molecule has 4 nitrogen and oxygen atoms in total. The van der Waals surface area contributed by atoms with E-state index in [0.717, 1.165) is 12.3 Å². The van der Waals surface area contributed by atoms with Crippen LogP contribution < -0.4 is 5.32 Å². The van der Waals surface area contributed by atoms with Crippen LogP contribution in [0.25, 0.3) is 0 Å². The Morgan fingerprint density at radius 3 is 3.21 bits per heavy atom. The van der Waals surface area contributed by atoms with E-state index in [2.05, 4.69) is 5.32 Å². The number of nitrogens with one attached hydrogen (secondary N) is 1. The Balaban J connectivity index is 1.48. The van der Waals surface area contributed by atoms with E-state index < -0.39 is 6.10 Å². The Kier molecular flexibility index (Phi) is 6.78. The van der Waals surface area contributed by atoms with Crippen LogP contribution in [0, 0.1) is 0 Å². The van der Waals surface area contributed by atoms with Gasteiger partial charge in [-0.3, -0.25) is 0 Å². The predicted octanol–water partition coefficient (Wildman–Crippen LogP) is 2.03. The van der Waals surface area contributed by atoms with E-state index in [9.17, 15) is 5.11 Å². The van der Waals surface area contributed by atoms with Crippen molar-refractivity contribution < 1.29 is 14.3 Å². The van der Waals surface area contributed by atoms with Gasteiger partial charge in [-0.1, -0.05) is 6.42 Å². The highest BCUT2D eigenvalue weighted by Gasteiger charge is 2.14. The van der Waals surface area contributed by atoms with E-state index in [0.29, 0.717) is 25.0 Å². The largest absolute Gasteiger partial charge is 0.467 e. The van der Waals surface area contributed by atoms with Crippen LogP contribution in [0.1, 0.15) is 25.0 Å². The van der Waals surface area contributed by atoms with E-state index in [1.54, 1.807) is 6.26 Å². The fourth-order valence-electron chi connectivity index (χ4n) is 2.13. The van der Waals surface area contributed by atoms with Crippen molar-refractivity contribution in [3.8, 4) is 0 Å². The van der Waals surface area contributed by atoms with Gasteiger partial charge in [-0.15, -0.1) is 0 Å². The summed E-state index contributed by atoms with van der Waals surface area (Å²) in [6, 6.07) is 3.70. The Morgan fingerprint density at radius 2 is 2.47 bits per heavy atom. The Labute approximate surface area is 118 Å². The minimum Gasteiger partial charge on any atom is -0.467 e. The SMILES string of the molecule is OC(CNCC1CCCCS1)COCc1ccco1. The first-order valence-electron chi connectivity index (χ1n) is 6.95. The standard InChI is InChI=1S/C14H23NO3S/c16-12(10-17-11-13-4-3-6-18-13)8-15-9-14-5-1-2-7-19-14/h3-4,6,12,14-16H,1-2,5,7-11H2. The van der Waals surface area contributed by atoms with Gasteiger partial charge >= 0.3 is 0 Å². The summed E-state index contributed by atoms with van der Waals surface area (Å²) in [6.07, 6.45) is 5.16. The van der Waals surface area contributed by atoms with Gasteiger partial charge in [0.25, 0.3) is 0 Å². The summed E-state index contributed by atoms with van der Waals surface area (Å²) in [5.74, 6) is 2.07. The third kappa shape index (κ3) is 5.99. The van der Waals surface area contributed by atoms with Crippen molar-refractivity contribution in [3.05, 3.63) is 24.2 Å². The fraction of sp³-hybridized carbons (Fsp3) is 0.714. The molecule has 5 heteroatoms. The minimum absolute atomic E-state index is 0.339. The Bertz CT molecular complexity index is 325. The van der Waals surface area contributed by atoms with Crippen LogP contribution in [0.3, 0.4) is 0 Å². The number of aliphatic hydroxyl groups is 1. The Hall–Kier alpha value is -0.490. The predicted molar refractivity (Wildman–Crippen MR) is 77.3 cm³/mol. The van der Waals surface area contributed by atoms with Crippen molar-refractivity contribution in [1.82, 2.24) is 5.32 Å². The lowest BCUT2D eigenvalue weighted by atomic mass is 10.2. The van der Waals surface area contributed by atoms with Gasteiger partial charge in [-0.05, 0) is 30.7 Å². The molecule has 108 valence electrons. The zero-order chi connectivity index (χ0) is 13.3. The van der Waals surface area contributed by atoms with Crippen LogP contribution in [0.4, 0.5) is 0 Å². The summed E-state index contributed by atoms with van der Waals surface area (Å²) in [7, 11) is 0. The molecule has 1 fully saturated rings. The second-order valence-corrected chi connectivity index (χ2v) is 6.30. The molecular weight excluding hydrogens is 262 g/mol. The molecule has 1 aliphatic rings. The maximum absolute atomic E-state index is 9.78. The molecule has 2 N–H and O–H groups in total. The molecule has 2 atom stereocenters. The van der Waals surface area contributed by atoms with Gasteiger partial charge in [0.05, 0.1) is 19.0 Å². The lowest BCUT2D eigenvalue weighted by Crippen LogP contribution is -2.35. The van der Waals surface area contributed by atoms with Crippen molar-refractivity contribution >= 4 is 11.8 Å². The first-order valence-corrected chi connectivity index (χ1v) is 8.00. The fourth-order valence-corrected chi connectivity index (χ4v) is 3.40. The van der Waals surface area contributed by atoms with Gasteiger partial charge in [0.15, 0.2) is 0 Å². The molecule has 2 rings (SSSR count). The highest BCUT2D eigenvalue weighted by molar-refractivity contribution is 7.99. The quantitative estimate of drug-likeness (QED) is 0.765. The lowest BCUT2D eigenvalue weighted by Gasteiger charge is -2.22. The number of ether oxygens (including phenoxy) is 1. The third-order valence-electron chi connectivity index (χ3n) is 3.16. The number of furan rings is 1. The number of hydrogen-bond donors (Lipinski definition) is 2. The molecule has 0 amide bonds. The molecule has 0 aliphatic carbocycles. The van der Waals surface area contributed by atoms with Crippen LogP contribution in [0.15, 0.2) is 22.8 Å². The number of thioether (sulfide) groups is 1. The highest BCUT2D eigenvalue weighted by atomic mass is 32.2. The molecule has 0 bridgehead atoms. The van der Waals surface area contributed by atoms with Crippen LogP contribution in [0.5, 0.6) is 0 Å². The van der Waals surface area contributed by atoms with Crippen molar-refractivity contribution in [2.75, 3.05) is 25.4 Å². The average Bonchev–Trinajstić information content (AvgIpc) is 2.93. The van der Waals surface area contributed by atoms with E-state index in [-0.39, 0.29) is 0 Å². The molecule has 0 radical (unpaired) electrons. The van der Waals surface area contributed by atoms with Crippen molar-refractivity contribution in [1.29, 1.82) is 0 Å². The summed E-state index contributed by atoms with van der Waals surface area (Å²) in [6.45, 7) is 2.34. The van der Waals surface area contributed by atoms with Crippen LogP contribution in [-0.2, 0) is 11.3 Å². The number of hydrogen-bond acceptors (Lipinski definition) is 5. The molecule has 1 aromatic heterocycles. The second-order valence-electron chi connectivity index (χ2n) is 4.90. The second kappa shape index (κ2) is 8.64. The van der Waals surface area contributed by atoms with Crippen LogP contribution in [-0.4, -0.2) is 41.9 Å². The summed E-state index contributed by atoms with van der Waals surface area (Å²) >= 11 is 2.04. The van der Waals surface area contributed by atoms with E-state index >= 15 is 0 Å². The maximum atomic E-state index is 9.78.